The standard InChI is InChI=1S/C18H25N3O2/c1-12-7-8-21(11-17(12)23-2)18(22)15(19)9-13-10-20-16-6-4-3-5-14(13)16/h3-6,10,12,15,17,20H,7-9,11,19H2,1-2H3/t12?,15-,17?/m0/s1. The minimum Gasteiger partial charge on any atom is -0.379 e. The number of aromatic amines is 1. The van der Waals surface area contributed by atoms with Crippen molar-refractivity contribution in [3.63, 3.8) is 0 Å². The van der Waals surface area contributed by atoms with Gasteiger partial charge in [0.1, 0.15) is 0 Å². The maximum Gasteiger partial charge on any atom is 0.239 e. The minimum absolute atomic E-state index is 0.0178. The molecule has 5 nitrogen and oxygen atoms in total. The van der Waals surface area contributed by atoms with Crippen molar-refractivity contribution in [2.24, 2.45) is 11.7 Å². The second-order valence-corrected chi connectivity index (χ2v) is 6.49. The molecule has 1 aliphatic rings. The Morgan fingerprint density at radius 2 is 2.26 bits per heavy atom. The Morgan fingerprint density at radius 3 is 3.04 bits per heavy atom. The molecule has 2 aromatic rings. The summed E-state index contributed by atoms with van der Waals surface area (Å²) in [6.45, 7) is 3.57. The second kappa shape index (κ2) is 6.72. The molecular formula is C18H25N3O2. The van der Waals surface area contributed by atoms with E-state index in [9.17, 15) is 4.79 Å². The molecule has 1 aromatic carbocycles. The number of hydrogen-bond acceptors (Lipinski definition) is 3. The molecular weight excluding hydrogens is 290 g/mol. The van der Waals surface area contributed by atoms with E-state index in [0.29, 0.717) is 18.9 Å². The fourth-order valence-corrected chi connectivity index (χ4v) is 3.40. The van der Waals surface area contributed by atoms with Crippen LogP contribution in [0.4, 0.5) is 0 Å². The van der Waals surface area contributed by atoms with Crippen LogP contribution in [-0.4, -0.2) is 48.1 Å². The molecule has 2 unspecified atom stereocenters. The van der Waals surface area contributed by atoms with Crippen LogP contribution in [0.3, 0.4) is 0 Å². The first-order valence-corrected chi connectivity index (χ1v) is 8.22. The predicted octanol–water partition coefficient (Wildman–Crippen LogP) is 1.92. The summed E-state index contributed by atoms with van der Waals surface area (Å²) in [7, 11) is 1.71. The monoisotopic (exact) mass is 315 g/mol. The fraction of sp³-hybridized carbons (Fsp3) is 0.500. The van der Waals surface area contributed by atoms with Crippen molar-refractivity contribution >= 4 is 16.8 Å². The number of rotatable bonds is 4. The number of benzene rings is 1. The molecule has 1 amide bonds. The van der Waals surface area contributed by atoms with Gasteiger partial charge in [0.2, 0.25) is 5.91 Å². The van der Waals surface area contributed by atoms with E-state index in [1.165, 1.54) is 0 Å². The number of para-hydroxylation sites is 1. The summed E-state index contributed by atoms with van der Waals surface area (Å²) in [4.78, 5) is 17.8. The lowest BCUT2D eigenvalue weighted by Crippen LogP contribution is -2.52. The quantitative estimate of drug-likeness (QED) is 0.905. The number of H-pyrrole nitrogens is 1. The number of nitrogens with two attached hydrogens (primary N) is 1. The molecule has 0 saturated carbocycles. The highest BCUT2D eigenvalue weighted by Crippen LogP contribution is 2.22. The van der Waals surface area contributed by atoms with E-state index in [1.807, 2.05) is 29.3 Å². The van der Waals surface area contributed by atoms with E-state index < -0.39 is 6.04 Å². The van der Waals surface area contributed by atoms with Gasteiger partial charge in [-0.15, -0.1) is 0 Å². The van der Waals surface area contributed by atoms with Gasteiger partial charge in [-0.2, -0.15) is 0 Å². The van der Waals surface area contributed by atoms with Crippen LogP contribution in [-0.2, 0) is 16.0 Å². The van der Waals surface area contributed by atoms with E-state index in [2.05, 4.69) is 18.0 Å². The van der Waals surface area contributed by atoms with Crippen LogP contribution >= 0.6 is 0 Å². The third-order valence-electron chi connectivity index (χ3n) is 4.94. The first-order valence-electron chi connectivity index (χ1n) is 8.22. The number of methoxy groups -OCH3 is 1. The van der Waals surface area contributed by atoms with Gasteiger partial charge in [0.25, 0.3) is 0 Å². The van der Waals surface area contributed by atoms with Gasteiger partial charge >= 0.3 is 0 Å². The van der Waals surface area contributed by atoms with E-state index >= 15 is 0 Å². The third kappa shape index (κ3) is 3.26. The Morgan fingerprint density at radius 1 is 1.48 bits per heavy atom. The van der Waals surface area contributed by atoms with E-state index in [4.69, 9.17) is 10.5 Å². The summed E-state index contributed by atoms with van der Waals surface area (Å²) in [5.74, 6) is 0.498. The highest BCUT2D eigenvalue weighted by molar-refractivity contribution is 5.86. The van der Waals surface area contributed by atoms with Gasteiger partial charge in [-0.05, 0) is 30.4 Å². The van der Waals surface area contributed by atoms with Gasteiger partial charge in [-0.3, -0.25) is 4.79 Å². The summed E-state index contributed by atoms with van der Waals surface area (Å²) in [6, 6.07) is 7.57. The molecule has 23 heavy (non-hydrogen) atoms. The zero-order chi connectivity index (χ0) is 16.4. The fourth-order valence-electron chi connectivity index (χ4n) is 3.40. The highest BCUT2D eigenvalue weighted by Gasteiger charge is 2.31. The first-order chi connectivity index (χ1) is 11.1. The van der Waals surface area contributed by atoms with Crippen molar-refractivity contribution < 1.29 is 9.53 Å². The number of aromatic nitrogens is 1. The molecule has 5 heteroatoms. The lowest BCUT2D eigenvalue weighted by Gasteiger charge is -2.37. The van der Waals surface area contributed by atoms with Crippen molar-refractivity contribution in [2.45, 2.75) is 31.9 Å². The number of nitrogens with zero attached hydrogens (tertiary/aromatic N) is 1. The lowest BCUT2D eigenvalue weighted by molar-refractivity contribution is -0.137. The third-order valence-corrected chi connectivity index (χ3v) is 4.94. The Bertz CT molecular complexity index is 682. The van der Waals surface area contributed by atoms with Crippen LogP contribution in [0.2, 0.25) is 0 Å². The minimum atomic E-state index is -0.514. The molecule has 1 aliphatic heterocycles. The Kier molecular flexibility index (Phi) is 4.68. The van der Waals surface area contributed by atoms with E-state index in [-0.39, 0.29) is 12.0 Å². The van der Waals surface area contributed by atoms with Gasteiger partial charge in [-0.1, -0.05) is 25.1 Å². The summed E-state index contributed by atoms with van der Waals surface area (Å²) >= 11 is 0. The zero-order valence-electron chi connectivity index (χ0n) is 13.8. The smallest absolute Gasteiger partial charge is 0.239 e. The SMILES string of the molecule is COC1CN(C(=O)[C@@H](N)Cc2c[nH]c3ccccc23)CCC1C. The zero-order valence-corrected chi connectivity index (χ0v) is 13.8. The lowest BCUT2D eigenvalue weighted by atomic mass is 9.95. The normalized spacial score (nSPS) is 23.2. The van der Waals surface area contributed by atoms with Gasteiger partial charge in [0.05, 0.1) is 12.1 Å². The number of nitrogens with one attached hydrogen (secondary N) is 1. The molecule has 3 rings (SSSR count). The van der Waals surface area contributed by atoms with Crippen LogP contribution in [0.5, 0.6) is 0 Å². The number of ether oxygens (including phenoxy) is 1. The Balaban J connectivity index is 1.68. The molecule has 3 atom stereocenters. The van der Waals surface area contributed by atoms with Crippen molar-refractivity contribution in [1.29, 1.82) is 0 Å². The molecule has 0 radical (unpaired) electrons. The predicted molar refractivity (Wildman–Crippen MR) is 91.1 cm³/mol. The maximum atomic E-state index is 12.7. The number of fused-ring (bicyclic) bond motifs is 1. The summed E-state index contributed by atoms with van der Waals surface area (Å²) < 4.78 is 5.49. The van der Waals surface area contributed by atoms with Crippen LogP contribution in [0.25, 0.3) is 10.9 Å². The summed E-state index contributed by atoms with van der Waals surface area (Å²) in [5.41, 5.74) is 8.38. The number of hydrogen-bond donors (Lipinski definition) is 2. The average molecular weight is 315 g/mol. The van der Waals surface area contributed by atoms with Gasteiger partial charge in [0, 0.05) is 37.3 Å². The number of amides is 1. The molecule has 1 saturated heterocycles. The van der Waals surface area contributed by atoms with Gasteiger partial charge in [0.15, 0.2) is 0 Å². The number of carbonyl (C=O) groups is 1. The van der Waals surface area contributed by atoms with Gasteiger partial charge < -0.3 is 20.4 Å². The molecule has 1 fully saturated rings. The molecule has 124 valence electrons. The topological polar surface area (TPSA) is 71.3 Å². The van der Waals surface area contributed by atoms with Crippen LogP contribution in [0, 0.1) is 5.92 Å². The molecule has 0 aliphatic carbocycles. The largest absolute Gasteiger partial charge is 0.379 e. The number of carbonyl (C=O) groups excluding carboxylic acids is 1. The Hall–Kier alpha value is -1.85. The molecule has 1 aromatic heterocycles. The molecule has 0 bridgehead atoms. The maximum absolute atomic E-state index is 12.7. The van der Waals surface area contributed by atoms with E-state index in [0.717, 1.165) is 29.4 Å². The first kappa shape index (κ1) is 16.0. The van der Waals surface area contributed by atoms with Crippen molar-refractivity contribution in [3.05, 3.63) is 36.0 Å². The highest BCUT2D eigenvalue weighted by atomic mass is 16.5. The van der Waals surface area contributed by atoms with Crippen LogP contribution in [0.1, 0.15) is 18.9 Å². The van der Waals surface area contributed by atoms with Gasteiger partial charge in [-0.25, -0.2) is 0 Å². The van der Waals surface area contributed by atoms with Crippen molar-refractivity contribution in [1.82, 2.24) is 9.88 Å². The number of likely N-dealkylation sites (tertiary alicyclic amines) is 1. The molecule has 0 spiro atoms. The number of piperidine rings is 1. The summed E-state index contributed by atoms with van der Waals surface area (Å²) in [5, 5.41) is 1.14. The molecule has 2 heterocycles. The van der Waals surface area contributed by atoms with E-state index in [1.54, 1.807) is 7.11 Å². The average Bonchev–Trinajstić information content (AvgIpc) is 2.98. The molecule has 3 N–H and O–H groups in total. The second-order valence-electron chi connectivity index (χ2n) is 6.49. The Labute approximate surface area is 136 Å². The van der Waals surface area contributed by atoms with Crippen LogP contribution < -0.4 is 5.73 Å². The van der Waals surface area contributed by atoms with Crippen LogP contribution in [0.15, 0.2) is 30.5 Å². The summed E-state index contributed by atoms with van der Waals surface area (Å²) in [6.07, 6.45) is 3.57. The van der Waals surface area contributed by atoms with Crippen molar-refractivity contribution in [3.8, 4) is 0 Å². The van der Waals surface area contributed by atoms with Crippen molar-refractivity contribution in [2.75, 3.05) is 20.2 Å².